The summed E-state index contributed by atoms with van der Waals surface area (Å²) >= 11 is 1.47. The van der Waals surface area contributed by atoms with E-state index < -0.39 is 11.8 Å². The SMILES string of the molecule is CC1=C(c2cc(C)cs2)C(=O)C(C(N)=O)C=N1. The number of rotatable bonds is 2. The van der Waals surface area contributed by atoms with Gasteiger partial charge >= 0.3 is 0 Å². The van der Waals surface area contributed by atoms with Crippen molar-refractivity contribution in [2.75, 3.05) is 0 Å². The number of carbonyl (C=O) groups is 2. The first-order valence-electron chi connectivity index (χ1n) is 5.15. The fourth-order valence-corrected chi connectivity index (χ4v) is 2.72. The van der Waals surface area contributed by atoms with Crippen LogP contribution in [0.25, 0.3) is 5.57 Å². The van der Waals surface area contributed by atoms with Crippen LogP contribution in [0.1, 0.15) is 17.4 Å². The number of carbonyl (C=O) groups excluding carboxylic acids is 2. The van der Waals surface area contributed by atoms with E-state index in [1.807, 2.05) is 18.4 Å². The first-order valence-corrected chi connectivity index (χ1v) is 6.02. The lowest BCUT2D eigenvalue weighted by molar-refractivity contribution is -0.126. The van der Waals surface area contributed by atoms with Crippen LogP contribution >= 0.6 is 11.3 Å². The normalized spacial score (nSPS) is 19.9. The molecule has 1 aromatic heterocycles. The summed E-state index contributed by atoms with van der Waals surface area (Å²) in [6.45, 7) is 3.72. The highest BCUT2D eigenvalue weighted by Gasteiger charge is 2.31. The van der Waals surface area contributed by atoms with Gasteiger partial charge in [0, 0.05) is 16.8 Å². The van der Waals surface area contributed by atoms with Crippen LogP contribution in [0.4, 0.5) is 0 Å². The van der Waals surface area contributed by atoms with Crippen molar-refractivity contribution < 1.29 is 9.59 Å². The van der Waals surface area contributed by atoms with E-state index in [0.717, 1.165) is 10.4 Å². The van der Waals surface area contributed by atoms with Gasteiger partial charge in [0.25, 0.3) is 0 Å². The Labute approximate surface area is 103 Å². The summed E-state index contributed by atoms with van der Waals surface area (Å²) in [6, 6.07) is 1.92. The third-order valence-corrected chi connectivity index (χ3v) is 3.66. The maximum absolute atomic E-state index is 12.1. The van der Waals surface area contributed by atoms with E-state index in [4.69, 9.17) is 5.73 Å². The van der Waals surface area contributed by atoms with Crippen molar-refractivity contribution in [3.8, 4) is 0 Å². The summed E-state index contributed by atoms with van der Waals surface area (Å²) in [5.41, 5.74) is 7.41. The van der Waals surface area contributed by atoms with E-state index in [9.17, 15) is 9.59 Å². The zero-order chi connectivity index (χ0) is 12.6. The van der Waals surface area contributed by atoms with Gasteiger partial charge in [-0.1, -0.05) is 0 Å². The molecule has 0 spiro atoms. The minimum absolute atomic E-state index is 0.258. The molecule has 1 amide bonds. The van der Waals surface area contributed by atoms with Crippen molar-refractivity contribution in [2.24, 2.45) is 16.6 Å². The lowest BCUT2D eigenvalue weighted by atomic mass is 9.93. The Morgan fingerprint density at radius 3 is 2.71 bits per heavy atom. The number of nitrogens with two attached hydrogens (primary N) is 1. The predicted octanol–water partition coefficient (Wildman–Crippen LogP) is 1.54. The summed E-state index contributed by atoms with van der Waals surface area (Å²) in [5, 5.41) is 1.96. The molecule has 17 heavy (non-hydrogen) atoms. The average Bonchev–Trinajstić information content (AvgIpc) is 2.64. The molecule has 0 bridgehead atoms. The fraction of sp³-hybridized carbons (Fsp3) is 0.250. The van der Waals surface area contributed by atoms with Gasteiger partial charge in [-0.25, -0.2) is 0 Å². The van der Waals surface area contributed by atoms with Gasteiger partial charge in [-0.3, -0.25) is 14.6 Å². The van der Waals surface area contributed by atoms with Gasteiger partial charge in [0.05, 0.1) is 5.57 Å². The maximum Gasteiger partial charge on any atom is 0.233 e. The lowest BCUT2D eigenvalue weighted by Crippen LogP contribution is -2.33. The van der Waals surface area contributed by atoms with Crippen LogP contribution in [0.2, 0.25) is 0 Å². The molecular formula is C12H12N2O2S. The van der Waals surface area contributed by atoms with Crippen molar-refractivity contribution in [1.82, 2.24) is 0 Å². The summed E-state index contributed by atoms with van der Waals surface area (Å²) in [6.07, 6.45) is 1.32. The molecule has 2 heterocycles. The molecule has 1 aliphatic heterocycles. The van der Waals surface area contributed by atoms with E-state index in [-0.39, 0.29) is 5.78 Å². The van der Waals surface area contributed by atoms with Gasteiger partial charge in [0.2, 0.25) is 5.91 Å². The number of aliphatic imine (C=N–C) groups is 1. The Kier molecular flexibility index (Phi) is 2.93. The van der Waals surface area contributed by atoms with Crippen molar-refractivity contribution in [3.05, 3.63) is 27.6 Å². The van der Waals surface area contributed by atoms with Crippen LogP contribution in [0, 0.1) is 12.8 Å². The van der Waals surface area contributed by atoms with Gasteiger partial charge in [-0.2, -0.15) is 0 Å². The number of aryl methyl sites for hydroxylation is 1. The summed E-state index contributed by atoms with van der Waals surface area (Å²) in [7, 11) is 0. The van der Waals surface area contributed by atoms with Crippen LogP contribution in [0.5, 0.6) is 0 Å². The smallest absolute Gasteiger partial charge is 0.233 e. The molecule has 1 unspecified atom stereocenters. The molecule has 1 aromatic rings. The number of hydrogen-bond acceptors (Lipinski definition) is 4. The molecule has 0 fully saturated rings. The highest BCUT2D eigenvalue weighted by Crippen LogP contribution is 2.30. The number of hydrogen-bond donors (Lipinski definition) is 1. The second kappa shape index (κ2) is 4.25. The minimum Gasteiger partial charge on any atom is -0.369 e. The number of nitrogens with zero attached hydrogens (tertiary/aromatic N) is 1. The summed E-state index contributed by atoms with van der Waals surface area (Å²) in [5.74, 6) is -1.85. The first-order chi connectivity index (χ1) is 8.00. The second-order valence-electron chi connectivity index (χ2n) is 3.97. The van der Waals surface area contributed by atoms with Crippen LogP contribution in [0.15, 0.2) is 22.1 Å². The Morgan fingerprint density at radius 2 is 2.18 bits per heavy atom. The lowest BCUT2D eigenvalue weighted by Gasteiger charge is -2.15. The van der Waals surface area contributed by atoms with Crippen molar-refractivity contribution >= 4 is 34.8 Å². The highest BCUT2D eigenvalue weighted by molar-refractivity contribution is 7.11. The molecule has 0 radical (unpaired) electrons. The van der Waals surface area contributed by atoms with Crippen molar-refractivity contribution in [3.63, 3.8) is 0 Å². The maximum atomic E-state index is 12.1. The average molecular weight is 248 g/mol. The molecule has 5 heteroatoms. The molecule has 4 nitrogen and oxygen atoms in total. The Balaban J connectivity index is 2.48. The van der Waals surface area contributed by atoms with Crippen LogP contribution in [-0.4, -0.2) is 17.9 Å². The van der Waals surface area contributed by atoms with Crippen LogP contribution in [-0.2, 0) is 9.59 Å². The van der Waals surface area contributed by atoms with Crippen LogP contribution in [0.3, 0.4) is 0 Å². The third-order valence-electron chi connectivity index (χ3n) is 2.59. The topological polar surface area (TPSA) is 72.5 Å². The highest BCUT2D eigenvalue weighted by atomic mass is 32.1. The first kappa shape index (κ1) is 11.7. The number of thiophene rings is 1. The van der Waals surface area contributed by atoms with Crippen molar-refractivity contribution in [2.45, 2.75) is 13.8 Å². The quantitative estimate of drug-likeness (QED) is 0.806. The number of allylic oxidation sites excluding steroid dienone is 2. The molecule has 1 atom stereocenters. The number of ketones is 1. The Hall–Kier alpha value is -1.75. The molecule has 0 aromatic carbocycles. The Bertz CT molecular complexity index is 555. The van der Waals surface area contributed by atoms with E-state index >= 15 is 0 Å². The summed E-state index contributed by atoms with van der Waals surface area (Å²) in [4.78, 5) is 28.2. The number of Topliss-reactive ketones (excluding diaryl/α,β-unsaturated/α-hetero) is 1. The van der Waals surface area contributed by atoms with Crippen molar-refractivity contribution in [1.29, 1.82) is 0 Å². The zero-order valence-electron chi connectivity index (χ0n) is 9.56. The molecule has 0 aliphatic carbocycles. The molecule has 2 rings (SSSR count). The third kappa shape index (κ3) is 2.06. The second-order valence-corrected chi connectivity index (χ2v) is 4.88. The summed E-state index contributed by atoms with van der Waals surface area (Å²) < 4.78 is 0. The largest absolute Gasteiger partial charge is 0.369 e. The number of primary amides is 1. The predicted molar refractivity (Wildman–Crippen MR) is 67.8 cm³/mol. The van der Waals surface area contributed by atoms with E-state index in [1.165, 1.54) is 17.6 Å². The molecular weight excluding hydrogens is 236 g/mol. The molecule has 2 N–H and O–H groups in total. The van der Waals surface area contributed by atoms with E-state index in [2.05, 4.69) is 4.99 Å². The van der Waals surface area contributed by atoms with Crippen LogP contribution < -0.4 is 5.73 Å². The molecule has 88 valence electrons. The Morgan fingerprint density at radius 1 is 1.47 bits per heavy atom. The standard InChI is InChI=1S/C12H12N2O2S/c1-6-3-9(17-5-6)10-7(2)14-4-8(11(10)15)12(13)16/h3-5,8H,1-2H3,(H2,13,16). The zero-order valence-corrected chi connectivity index (χ0v) is 10.4. The molecule has 0 saturated carbocycles. The fourth-order valence-electron chi connectivity index (χ4n) is 1.72. The van der Waals surface area contributed by atoms with Gasteiger partial charge < -0.3 is 5.73 Å². The minimum atomic E-state index is -0.934. The van der Waals surface area contributed by atoms with E-state index in [0.29, 0.717) is 11.3 Å². The van der Waals surface area contributed by atoms with Gasteiger partial charge in [-0.15, -0.1) is 11.3 Å². The van der Waals surface area contributed by atoms with E-state index in [1.54, 1.807) is 6.92 Å². The monoisotopic (exact) mass is 248 g/mol. The van der Waals surface area contributed by atoms with Gasteiger partial charge in [0.15, 0.2) is 5.78 Å². The van der Waals surface area contributed by atoms with Gasteiger partial charge in [0.1, 0.15) is 5.92 Å². The molecule has 1 aliphatic rings. The number of amides is 1. The van der Waals surface area contributed by atoms with Gasteiger partial charge in [-0.05, 0) is 30.9 Å². The molecule has 0 saturated heterocycles.